The molecule has 3 saturated heterocycles. The molecule has 3 unspecified atom stereocenters. The number of hydrogen-bond acceptors (Lipinski definition) is 26. The molecule has 0 amide bonds. The van der Waals surface area contributed by atoms with Gasteiger partial charge < -0.3 is 72.0 Å². The molecule has 131 heavy (non-hydrogen) atoms. The van der Waals surface area contributed by atoms with E-state index in [9.17, 15) is 0 Å². The fourth-order valence-corrected chi connectivity index (χ4v) is 20.3. The molecule has 6 aliphatic rings. The fraction of sp³-hybridized carbons (Fsp3) is 0.316. The van der Waals surface area contributed by atoms with Gasteiger partial charge in [0.05, 0.1) is 85.9 Å². The molecule has 26 nitrogen and oxygen atoms in total. The standard InChI is InChI=1S/C22H23Cl2N5.C21H22Cl2N6.C20H21Cl2N7.C16H16Cl2N4.C16H18Cl2N4/c23-17-8-4-7-16(19(17)24)20-21(26)28-18(13-27-20)29-11-9-22(14-25,10-12-29)15-5-2-1-3-6-15;22-16-3-1-2-15(18(16)23)19-20(25)28-17(12-27-19)29-10-6-21(13-24,7-11-29)14-4-8-26-9-5-14;21-14-3-1-2-13(17(14)22)18-19(24)28-16(11-27-18)29-8-4-20(12-23,5-9-29)15-10-25-6-7-26-15;17-11-3-1-2-8(13(11)18)15-16(20)22-12(6-21-15)7-4-9-10(5-7)14(9)19;17-12-3-1-2-11(14(12)18)15-16(20)22-13(8-21-15)10-5-4-9(6-10)7-19/h1-8,13H,9-12,14,25H2,(H2,26,28);1-5,8-9,12H,6-7,10-11,13,24H2,(H2,25,28);1-3,6-7,10-11H,4-5,8-9,12,23H2,(H2,24,28);1-3,6-7,9-10,14H,4-5,19H2,(H2,20,22);1-3,8-10H,4-7,19H2,(H2,20,22)/t;;;;9-,10?/m....0/s1. The largest absolute Gasteiger partial charge is 0.382 e. The van der Waals surface area contributed by atoms with Crippen LogP contribution in [0, 0.1) is 17.8 Å². The molecule has 0 spiro atoms. The number of nitrogen functional groups attached to an aromatic ring is 5. The van der Waals surface area contributed by atoms with Gasteiger partial charge in [0.25, 0.3) is 0 Å². The highest BCUT2D eigenvalue weighted by Crippen LogP contribution is 2.57. The van der Waals surface area contributed by atoms with E-state index in [1.54, 1.807) is 67.5 Å². The smallest absolute Gasteiger partial charge is 0.152 e. The summed E-state index contributed by atoms with van der Waals surface area (Å²) in [6.07, 6.45) is 28.6. The summed E-state index contributed by atoms with van der Waals surface area (Å²) in [6, 6.07) is 42.0. The zero-order valence-electron chi connectivity index (χ0n) is 71.5. The highest BCUT2D eigenvalue weighted by Gasteiger charge is 2.54. The summed E-state index contributed by atoms with van der Waals surface area (Å²) < 4.78 is 0. The lowest BCUT2D eigenvalue weighted by molar-refractivity contribution is 0.329. The Morgan fingerprint density at radius 3 is 0.977 bits per heavy atom. The van der Waals surface area contributed by atoms with E-state index in [1.165, 1.54) is 11.1 Å². The van der Waals surface area contributed by atoms with E-state index in [2.05, 4.69) is 116 Å². The average molecular weight is 1960 g/mol. The SMILES string of the molecule is NCC1(c2ccccc2)CCN(c2cnc(-c3cccc(Cl)c3Cl)c(N)n2)CC1.NCC1(c2ccncc2)CCN(c2cnc(-c3cccc(Cl)c3Cl)c(N)n2)CC1.NCC1(c2cnccn2)CCN(c2cnc(-c3cccc(Cl)c3Cl)c(N)n2)CC1.NC[C@H]1CCC(c2cnc(-c3cccc(Cl)c3Cl)c(N)n2)C1.Nc1nc(C2CC3C(N)C3C2)cnc1-c1cccc(Cl)c1Cl. The number of halogens is 10. The van der Waals surface area contributed by atoms with Crippen molar-refractivity contribution >= 4 is 163 Å². The molecule has 6 aromatic carbocycles. The monoisotopic (exact) mass is 1950 g/mol. The number of piperidine rings is 3. The Morgan fingerprint density at radius 1 is 0.321 bits per heavy atom. The predicted molar refractivity (Wildman–Crippen MR) is 535 cm³/mol. The molecule has 13 aromatic rings. The van der Waals surface area contributed by atoms with Gasteiger partial charge in [-0.2, -0.15) is 0 Å². The quantitative estimate of drug-likeness (QED) is 0.0405. The summed E-state index contributed by atoms with van der Waals surface area (Å²) in [5, 5.41) is 4.49. The molecular formula is C95H100Cl10N26. The molecule has 680 valence electrons. The van der Waals surface area contributed by atoms with Crippen molar-refractivity contribution in [3.8, 4) is 56.3 Å². The molecule has 10 heterocycles. The van der Waals surface area contributed by atoms with Crippen LogP contribution in [0.4, 0.5) is 46.5 Å². The molecule has 4 atom stereocenters. The maximum absolute atomic E-state index is 6.32. The average Bonchev–Trinajstić information content (AvgIpc) is 1.59. The summed E-state index contributed by atoms with van der Waals surface area (Å²) in [5.41, 5.74) is 72.5. The second-order valence-corrected chi connectivity index (χ2v) is 37.7. The Kier molecular flexibility index (Phi) is 31.0. The molecule has 19 rings (SSSR count). The van der Waals surface area contributed by atoms with Gasteiger partial charge in [-0.15, -0.1) is 0 Å². The minimum absolute atomic E-state index is 0.00495. The van der Waals surface area contributed by atoms with Crippen molar-refractivity contribution in [1.29, 1.82) is 0 Å². The highest BCUT2D eigenvalue weighted by molar-refractivity contribution is 6.46. The lowest BCUT2D eigenvalue weighted by Gasteiger charge is -2.42. The predicted octanol–water partition coefficient (Wildman–Crippen LogP) is 19.1. The number of pyridine rings is 1. The topological polar surface area (TPSA) is 437 Å². The van der Waals surface area contributed by atoms with E-state index in [0.717, 1.165) is 151 Å². The lowest BCUT2D eigenvalue weighted by Crippen LogP contribution is -2.47. The van der Waals surface area contributed by atoms with Gasteiger partial charge in [-0.05, 0) is 149 Å². The van der Waals surface area contributed by atoms with Crippen LogP contribution in [0.5, 0.6) is 0 Å². The molecule has 7 aromatic heterocycles. The fourth-order valence-electron chi connectivity index (χ4n) is 18.4. The lowest BCUT2D eigenvalue weighted by atomic mass is 9.73. The van der Waals surface area contributed by atoms with Crippen LogP contribution < -0.4 is 72.0 Å². The zero-order valence-corrected chi connectivity index (χ0v) is 79.1. The highest BCUT2D eigenvalue weighted by atomic mass is 35.5. The summed E-state index contributed by atoms with van der Waals surface area (Å²) in [4.78, 5) is 64.8. The Bertz CT molecular complexity index is 5650. The summed E-state index contributed by atoms with van der Waals surface area (Å²) in [7, 11) is 0. The zero-order chi connectivity index (χ0) is 92.4. The molecule has 36 heteroatoms. The minimum atomic E-state index is -0.169. The Labute approximate surface area is 811 Å². The van der Waals surface area contributed by atoms with Gasteiger partial charge >= 0.3 is 0 Å². The maximum Gasteiger partial charge on any atom is 0.152 e. The van der Waals surface area contributed by atoms with Crippen LogP contribution in [0.1, 0.15) is 111 Å². The minimum Gasteiger partial charge on any atom is -0.382 e. The van der Waals surface area contributed by atoms with Gasteiger partial charge in [-0.25, -0.2) is 39.9 Å². The van der Waals surface area contributed by atoms with Crippen LogP contribution >= 0.6 is 116 Å². The van der Waals surface area contributed by atoms with Crippen molar-refractivity contribution < 1.29 is 0 Å². The van der Waals surface area contributed by atoms with Gasteiger partial charge in [-0.3, -0.25) is 24.9 Å². The molecular weight excluding hydrogens is 1860 g/mol. The molecule has 6 fully saturated rings. The van der Waals surface area contributed by atoms with Gasteiger partial charge in [0.15, 0.2) is 17.5 Å². The van der Waals surface area contributed by atoms with Crippen LogP contribution in [-0.2, 0) is 16.2 Å². The van der Waals surface area contributed by atoms with Gasteiger partial charge in [0, 0.05) is 164 Å². The van der Waals surface area contributed by atoms with Crippen LogP contribution in [0.15, 0.2) is 195 Å². The number of hydrogen-bond donors (Lipinski definition) is 10. The van der Waals surface area contributed by atoms with E-state index in [-0.39, 0.29) is 16.2 Å². The van der Waals surface area contributed by atoms with Crippen molar-refractivity contribution in [1.82, 2.24) is 64.8 Å². The van der Waals surface area contributed by atoms with Crippen molar-refractivity contribution in [2.45, 2.75) is 105 Å². The van der Waals surface area contributed by atoms with Crippen molar-refractivity contribution in [3.63, 3.8) is 0 Å². The summed E-state index contributed by atoms with van der Waals surface area (Å²) in [5.74, 6) is 6.74. The van der Waals surface area contributed by atoms with Crippen LogP contribution in [-0.4, -0.2) is 136 Å². The maximum atomic E-state index is 6.32. The molecule has 0 bridgehead atoms. The van der Waals surface area contributed by atoms with Crippen molar-refractivity contribution in [2.75, 3.05) is 109 Å². The van der Waals surface area contributed by atoms with E-state index >= 15 is 0 Å². The number of nitrogens with zero attached hydrogens (tertiary/aromatic N) is 16. The van der Waals surface area contributed by atoms with Gasteiger partial charge in [0.2, 0.25) is 0 Å². The number of fused-ring (bicyclic) bond motifs is 1. The van der Waals surface area contributed by atoms with Crippen LogP contribution in [0.2, 0.25) is 50.2 Å². The second-order valence-electron chi connectivity index (χ2n) is 33.7. The first-order valence-corrected chi connectivity index (χ1v) is 46.9. The molecule has 3 saturated carbocycles. The number of nitrogens with two attached hydrogens (primary N) is 10. The van der Waals surface area contributed by atoms with Gasteiger partial charge in [0.1, 0.15) is 57.6 Å². The van der Waals surface area contributed by atoms with Gasteiger partial charge in [-0.1, -0.05) is 207 Å². The first-order valence-electron chi connectivity index (χ1n) is 43.2. The van der Waals surface area contributed by atoms with E-state index < -0.39 is 0 Å². The Morgan fingerprint density at radius 2 is 0.656 bits per heavy atom. The molecule has 0 radical (unpaired) electrons. The Balaban J connectivity index is 0.000000126. The molecule has 3 aliphatic heterocycles. The van der Waals surface area contributed by atoms with Crippen LogP contribution in [0.25, 0.3) is 56.3 Å². The Hall–Kier alpha value is -9.95. The molecule has 3 aliphatic carbocycles. The van der Waals surface area contributed by atoms with Crippen molar-refractivity contribution in [2.24, 2.45) is 46.4 Å². The third-order valence-corrected chi connectivity index (χ3v) is 30.4. The summed E-state index contributed by atoms with van der Waals surface area (Å²) in [6.45, 7) is 7.38. The third kappa shape index (κ3) is 21.2. The van der Waals surface area contributed by atoms with Crippen molar-refractivity contribution in [3.05, 3.63) is 274 Å². The third-order valence-electron chi connectivity index (χ3n) is 26.3. The number of rotatable bonds is 17. The second kappa shape index (κ2) is 42.5. The van der Waals surface area contributed by atoms with E-state index in [1.807, 2.05) is 91.5 Å². The first kappa shape index (κ1) is 95.7. The van der Waals surface area contributed by atoms with E-state index in [0.29, 0.717) is 191 Å². The summed E-state index contributed by atoms with van der Waals surface area (Å²) >= 11 is 61.9. The first-order chi connectivity index (χ1) is 63.3. The normalized spacial score (nSPS) is 19.2. The van der Waals surface area contributed by atoms with Crippen LogP contribution in [0.3, 0.4) is 0 Å². The molecule has 20 N–H and O–H groups in total. The number of anilines is 8. The van der Waals surface area contributed by atoms with E-state index in [4.69, 9.17) is 173 Å². The number of aromatic nitrogens is 13. The number of benzene rings is 6.